The number of carbonyl (C=O) groups excluding carboxylic acids is 2. The number of hydrogen-bond donors (Lipinski definition) is 2. The smallest absolute Gasteiger partial charge is 0.343 e. The summed E-state index contributed by atoms with van der Waals surface area (Å²) in [6.45, 7) is 2.77. The number of amides is 2. The van der Waals surface area contributed by atoms with Crippen molar-refractivity contribution in [1.82, 2.24) is 10.2 Å². The second kappa shape index (κ2) is 11.1. The van der Waals surface area contributed by atoms with Crippen molar-refractivity contribution in [3.05, 3.63) is 45.5 Å². The SMILES string of the molecule is COc1ccc([C@@H](CC(=O)NC2CCN(C(=O)C3CC3)CC2)c2c(O)cc(C)oc2=O)c(OC)c1OC. The second-order valence-corrected chi connectivity index (χ2v) is 9.57. The van der Waals surface area contributed by atoms with Crippen LogP contribution in [-0.4, -0.2) is 62.3 Å². The average Bonchev–Trinajstić information content (AvgIpc) is 3.72. The van der Waals surface area contributed by atoms with E-state index in [0.717, 1.165) is 12.8 Å². The van der Waals surface area contributed by atoms with Gasteiger partial charge >= 0.3 is 5.63 Å². The third-order valence-corrected chi connectivity index (χ3v) is 7.04. The molecular formula is C27H34N2O8. The summed E-state index contributed by atoms with van der Waals surface area (Å²) in [5, 5.41) is 13.8. The molecule has 2 aromatic rings. The molecule has 200 valence electrons. The van der Waals surface area contributed by atoms with Crippen molar-refractivity contribution in [1.29, 1.82) is 0 Å². The Morgan fingerprint density at radius 2 is 1.76 bits per heavy atom. The van der Waals surface area contributed by atoms with Crippen LogP contribution >= 0.6 is 0 Å². The molecule has 1 aliphatic heterocycles. The lowest BCUT2D eigenvalue weighted by atomic mass is 9.87. The molecular weight excluding hydrogens is 480 g/mol. The maximum absolute atomic E-state index is 13.3. The fraction of sp³-hybridized carbons (Fsp3) is 0.519. The Bertz CT molecular complexity index is 1210. The number of aromatic hydroxyl groups is 1. The summed E-state index contributed by atoms with van der Waals surface area (Å²) >= 11 is 0. The normalized spacial score (nSPS) is 16.7. The van der Waals surface area contributed by atoms with E-state index in [1.165, 1.54) is 27.4 Å². The van der Waals surface area contributed by atoms with E-state index >= 15 is 0 Å². The van der Waals surface area contributed by atoms with E-state index in [2.05, 4.69) is 5.32 Å². The maximum Gasteiger partial charge on any atom is 0.343 e. The quantitative estimate of drug-likeness (QED) is 0.523. The number of aryl methyl sites for hydroxylation is 1. The van der Waals surface area contributed by atoms with Gasteiger partial charge in [-0.2, -0.15) is 0 Å². The van der Waals surface area contributed by atoms with Crippen LogP contribution in [0.5, 0.6) is 23.0 Å². The largest absolute Gasteiger partial charge is 0.507 e. The molecule has 1 atom stereocenters. The minimum absolute atomic E-state index is 0.0453. The minimum atomic E-state index is -0.886. The molecule has 2 heterocycles. The summed E-state index contributed by atoms with van der Waals surface area (Å²) in [4.78, 5) is 40.4. The molecule has 1 aromatic heterocycles. The molecule has 1 saturated heterocycles. The van der Waals surface area contributed by atoms with Gasteiger partial charge in [-0.05, 0) is 38.7 Å². The van der Waals surface area contributed by atoms with Gasteiger partial charge in [0, 0.05) is 49.0 Å². The lowest BCUT2D eigenvalue weighted by molar-refractivity contribution is -0.133. The highest BCUT2D eigenvalue weighted by atomic mass is 16.5. The fourth-order valence-electron chi connectivity index (χ4n) is 5.00. The number of ether oxygens (including phenoxy) is 3. The molecule has 37 heavy (non-hydrogen) atoms. The summed E-state index contributed by atoms with van der Waals surface area (Å²) in [5.41, 5.74) is -0.318. The zero-order valence-corrected chi connectivity index (χ0v) is 21.7. The molecule has 0 radical (unpaired) electrons. The first-order valence-electron chi connectivity index (χ1n) is 12.5. The highest BCUT2D eigenvalue weighted by Crippen LogP contribution is 2.46. The summed E-state index contributed by atoms with van der Waals surface area (Å²) in [6, 6.07) is 4.59. The van der Waals surface area contributed by atoms with E-state index in [-0.39, 0.29) is 53.0 Å². The topological polar surface area (TPSA) is 128 Å². The lowest BCUT2D eigenvalue weighted by Crippen LogP contribution is -2.47. The zero-order valence-electron chi connectivity index (χ0n) is 21.7. The number of benzene rings is 1. The van der Waals surface area contributed by atoms with Gasteiger partial charge in [0.1, 0.15) is 11.5 Å². The standard InChI is InChI=1S/C27H34N2O8/c1-15-13-20(30)23(27(33)37-15)19(18-7-8-21(34-2)25(36-4)24(18)35-3)14-22(31)28-17-9-11-29(12-10-17)26(32)16-5-6-16/h7-8,13,16-17,19,30H,5-6,9-12,14H2,1-4H3,(H,28,31)/t19-/m1/s1. The Kier molecular flexibility index (Phi) is 7.94. The zero-order chi connectivity index (χ0) is 26.7. The molecule has 0 spiro atoms. The molecule has 10 heteroatoms. The van der Waals surface area contributed by atoms with Crippen molar-refractivity contribution in [2.75, 3.05) is 34.4 Å². The van der Waals surface area contributed by atoms with Gasteiger partial charge in [-0.3, -0.25) is 9.59 Å². The third kappa shape index (κ3) is 5.68. The second-order valence-electron chi connectivity index (χ2n) is 9.57. The molecule has 2 N–H and O–H groups in total. The van der Waals surface area contributed by atoms with Gasteiger partial charge in [0.05, 0.1) is 26.9 Å². The van der Waals surface area contributed by atoms with Crippen molar-refractivity contribution in [2.24, 2.45) is 5.92 Å². The van der Waals surface area contributed by atoms with Gasteiger partial charge in [-0.1, -0.05) is 6.07 Å². The van der Waals surface area contributed by atoms with E-state index in [4.69, 9.17) is 18.6 Å². The van der Waals surface area contributed by atoms with Crippen LogP contribution < -0.4 is 25.2 Å². The number of hydrogen-bond acceptors (Lipinski definition) is 8. The van der Waals surface area contributed by atoms with Gasteiger partial charge < -0.3 is 34.0 Å². The fourth-order valence-corrected chi connectivity index (χ4v) is 5.00. The van der Waals surface area contributed by atoms with Crippen LogP contribution in [0.1, 0.15) is 54.9 Å². The van der Waals surface area contributed by atoms with Crippen LogP contribution in [0.25, 0.3) is 0 Å². The Morgan fingerprint density at radius 1 is 1.08 bits per heavy atom. The van der Waals surface area contributed by atoms with Crippen LogP contribution in [0.2, 0.25) is 0 Å². The predicted molar refractivity (Wildman–Crippen MR) is 134 cm³/mol. The number of carbonyl (C=O) groups is 2. The molecule has 10 nitrogen and oxygen atoms in total. The summed E-state index contributed by atoms with van der Waals surface area (Å²) in [5.74, 6) is 0.193. The van der Waals surface area contributed by atoms with Gasteiger partial charge in [0.2, 0.25) is 17.6 Å². The monoisotopic (exact) mass is 514 g/mol. The summed E-state index contributed by atoms with van der Waals surface area (Å²) in [6.07, 6.45) is 3.11. The molecule has 2 amide bonds. The van der Waals surface area contributed by atoms with Crippen LogP contribution in [0.3, 0.4) is 0 Å². The molecule has 0 bridgehead atoms. The highest BCUT2D eigenvalue weighted by molar-refractivity contribution is 5.81. The number of nitrogens with one attached hydrogen (secondary N) is 1. The number of methoxy groups -OCH3 is 3. The minimum Gasteiger partial charge on any atom is -0.507 e. The van der Waals surface area contributed by atoms with Crippen LogP contribution in [-0.2, 0) is 9.59 Å². The Morgan fingerprint density at radius 3 is 2.32 bits per heavy atom. The van der Waals surface area contributed by atoms with Crippen molar-refractivity contribution < 1.29 is 33.3 Å². The first-order chi connectivity index (χ1) is 17.8. The van der Waals surface area contributed by atoms with Crippen molar-refractivity contribution in [3.63, 3.8) is 0 Å². The van der Waals surface area contributed by atoms with E-state index < -0.39 is 11.5 Å². The molecule has 1 aliphatic carbocycles. The molecule has 1 aromatic carbocycles. The van der Waals surface area contributed by atoms with E-state index in [9.17, 15) is 19.5 Å². The third-order valence-electron chi connectivity index (χ3n) is 7.04. The van der Waals surface area contributed by atoms with Crippen LogP contribution in [0.4, 0.5) is 0 Å². The first-order valence-corrected chi connectivity index (χ1v) is 12.5. The Labute approximate surface area is 215 Å². The Hall–Kier alpha value is -3.69. The van der Waals surface area contributed by atoms with E-state index in [1.54, 1.807) is 19.1 Å². The number of nitrogens with zero attached hydrogens (tertiary/aromatic N) is 1. The molecule has 0 unspecified atom stereocenters. The molecule has 4 rings (SSSR count). The van der Waals surface area contributed by atoms with Crippen molar-refractivity contribution in [3.8, 4) is 23.0 Å². The lowest BCUT2D eigenvalue weighted by Gasteiger charge is -2.33. The van der Waals surface area contributed by atoms with E-state index in [0.29, 0.717) is 43.0 Å². The van der Waals surface area contributed by atoms with Gasteiger partial charge in [0.25, 0.3) is 0 Å². The predicted octanol–water partition coefficient (Wildman–Crippen LogP) is 2.72. The van der Waals surface area contributed by atoms with E-state index in [1.807, 2.05) is 4.90 Å². The van der Waals surface area contributed by atoms with Crippen molar-refractivity contribution >= 4 is 11.8 Å². The number of rotatable bonds is 9. The first kappa shape index (κ1) is 26.4. The highest BCUT2D eigenvalue weighted by Gasteiger charge is 2.36. The molecule has 2 fully saturated rings. The van der Waals surface area contributed by atoms with Crippen LogP contribution in [0.15, 0.2) is 27.4 Å². The molecule has 2 aliphatic rings. The van der Waals surface area contributed by atoms with Gasteiger partial charge in [-0.15, -0.1) is 0 Å². The average molecular weight is 515 g/mol. The van der Waals surface area contributed by atoms with Gasteiger partial charge in [-0.25, -0.2) is 4.79 Å². The van der Waals surface area contributed by atoms with Crippen LogP contribution in [0, 0.1) is 12.8 Å². The number of likely N-dealkylation sites (tertiary alicyclic amines) is 1. The summed E-state index contributed by atoms with van der Waals surface area (Å²) < 4.78 is 21.8. The van der Waals surface area contributed by atoms with Crippen molar-refractivity contribution in [2.45, 2.75) is 51.0 Å². The summed E-state index contributed by atoms with van der Waals surface area (Å²) in [7, 11) is 4.40. The van der Waals surface area contributed by atoms with Gasteiger partial charge in [0.15, 0.2) is 11.5 Å². The number of piperidine rings is 1. The Balaban J connectivity index is 1.60. The molecule has 1 saturated carbocycles. The maximum atomic E-state index is 13.3.